The quantitative estimate of drug-likeness (QED) is 0.717. The third kappa shape index (κ3) is 4.55. The molecule has 0 rings (SSSR count). The summed E-state index contributed by atoms with van der Waals surface area (Å²) in [5.74, 6) is -0.0262. The first-order chi connectivity index (χ1) is 3.66. The average Bonchev–Trinajstić information content (AvgIpc) is 1.65. The molecule has 0 amide bonds. The van der Waals surface area contributed by atoms with Crippen molar-refractivity contribution in [2.75, 3.05) is 0 Å². The van der Waals surface area contributed by atoms with Crippen LogP contribution in [0.25, 0.3) is 0 Å². The zero-order valence-electron chi connectivity index (χ0n) is 5.60. The molecule has 0 aliphatic carbocycles. The Bertz CT molecular complexity index is 80.5. The van der Waals surface area contributed by atoms with E-state index in [1.54, 1.807) is 0 Å². The molecule has 8 heavy (non-hydrogen) atoms. The van der Waals surface area contributed by atoms with Crippen LogP contribution in [0.2, 0.25) is 8.97 Å². The van der Waals surface area contributed by atoms with Crippen LogP contribution in [-0.2, 0) is 7.48 Å². The standard InChI is InChI=1S/C3H6O2.2CH3.Tl/c1-2-3(4)5;;;/h2H2,1H3,(H,4,5);2*1H3;/q;;;+1/p-1. The van der Waals surface area contributed by atoms with Gasteiger partial charge in [0.15, 0.2) is 0 Å². The topological polar surface area (TPSA) is 26.3 Å². The molecule has 0 aliphatic rings. The van der Waals surface area contributed by atoms with Crippen molar-refractivity contribution in [1.82, 2.24) is 0 Å². The summed E-state index contributed by atoms with van der Waals surface area (Å²) in [5, 5.41) is 0. The Labute approximate surface area is 59.0 Å². The van der Waals surface area contributed by atoms with E-state index in [-0.39, 0.29) is 5.97 Å². The van der Waals surface area contributed by atoms with Crippen LogP contribution in [0.3, 0.4) is 0 Å². The number of hydrogen-bond acceptors (Lipinski definition) is 2. The molecule has 0 N–H and O–H groups in total. The molecule has 0 atom stereocenters. The van der Waals surface area contributed by atoms with E-state index in [0.29, 0.717) is 6.42 Å². The van der Waals surface area contributed by atoms with Crippen LogP contribution < -0.4 is 0 Å². The van der Waals surface area contributed by atoms with Crippen LogP contribution in [0.1, 0.15) is 13.3 Å². The molecule has 0 unspecified atom stereocenters. The zero-order chi connectivity index (χ0) is 6.57. The molecule has 0 aromatic heterocycles. The molecular formula is C5H11O2Tl. The van der Waals surface area contributed by atoms with Crippen LogP contribution in [0.5, 0.6) is 0 Å². The summed E-state index contributed by atoms with van der Waals surface area (Å²) in [6.45, 7) is 1.82. The van der Waals surface area contributed by atoms with Crippen molar-refractivity contribution < 1.29 is 7.48 Å². The summed E-state index contributed by atoms with van der Waals surface area (Å²) in [4.78, 5) is 10.5. The SMILES string of the molecule is CCC(=O)[O][Tl]([CH3])[CH3]. The van der Waals surface area contributed by atoms with Gasteiger partial charge in [0.25, 0.3) is 0 Å². The Morgan fingerprint density at radius 2 is 2.12 bits per heavy atom. The van der Waals surface area contributed by atoms with Gasteiger partial charge in [-0.25, -0.2) is 0 Å². The van der Waals surface area contributed by atoms with E-state index in [9.17, 15) is 4.79 Å². The molecule has 0 fully saturated rings. The second kappa shape index (κ2) is 4.29. The average molecular weight is 308 g/mol. The number of carbonyl (C=O) groups excluding carboxylic acids is 1. The molecule has 0 heterocycles. The molecule has 0 saturated carbocycles. The fraction of sp³-hybridized carbons (Fsp3) is 0.800. The van der Waals surface area contributed by atoms with Crippen molar-refractivity contribution in [3.05, 3.63) is 0 Å². The van der Waals surface area contributed by atoms with Gasteiger partial charge in [-0.3, -0.25) is 0 Å². The van der Waals surface area contributed by atoms with Crippen LogP contribution in [0.4, 0.5) is 0 Å². The van der Waals surface area contributed by atoms with Crippen LogP contribution >= 0.6 is 0 Å². The van der Waals surface area contributed by atoms with Gasteiger partial charge in [0.05, 0.1) is 0 Å². The second-order valence-corrected chi connectivity index (χ2v) is 11.0. The molecule has 0 aromatic carbocycles. The molecule has 2 nitrogen and oxygen atoms in total. The van der Waals surface area contributed by atoms with Crippen LogP contribution in [0, 0.1) is 0 Å². The minimum atomic E-state index is -1.77. The number of carbonyl (C=O) groups is 1. The summed E-state index contributed by atoms with van der Waals surface area (Å²) in [6.07, 6.45) is 0.526. The van der Waals surface area contributed by atoms with Crippen molar-refractivity contribution in [2.45, 2.75) is 22.3 Å². The van der Waals surface area contributed by atoms with Crippen molar-refractivity contribution in [2.24, 2.45) is 0 Å². The maximum atomic E-state index is 10.5. The Morgan fingerprint density at radius 3 is 2.25 bits per heavy atom. The zero-order valence-corrected chi connectivity index (χ0v) is 10.1. The fourth-order valence-corrected chi connectivity index (χ4v) is 3.04. The van der Waals surface area contributed by atoms with E-state index in [2.05, 4.69) is 8.97 Å². The van der Waals surface area contributed by atoms with E-state index in [1.807, 2.05) is 6.92 Å². The fourth-order valence-electron chi connectivity index (χ4n) is 0.346. The molecule has 3 heteroatoms. The molecule has 0 radical (unpaired) electrons. The predicted molar refractivity (Wildman–Crippen MR) is 33.9 cm³/mol. The van der Waals surface area contributed by atoms with Gasteiger partial charge in [-0.05, 0) is 0 Å². The van der Waals surface area contributed by atoms with Crippen molar-refractivity contribution in [1.29, 1.82) is 0 Å². The molecular weight excluding hydrogens is 296 g/mol. The first-order valence-electron chi connectivity index (χ1n) is 2.86. The molecule has 46 valence electrons. The molecule has 0 aliphatic heterocycles. The van der Waals surface area contributed by atoms with Gasteiger partial charge >= 0.3 is 58.9 Å². The van der Waals surface area contributed by atoms with Crippen molar-refractivity contribution in [3.63, 3.8) is 0 Å². The number of hydrogen-bond donors (Lipinski definition) is 0. The van der Waals surface area contributed by atoms with Crippen LogP contribution in [0.15, 0.2) is 0 Å². The third-order valence-electron chi connectivity index (χ3n) is 0.656. The van der Waals surface area contributed by atoms with Gasteiger partial charge in [-0.15, -0.1) is 0 Å². The molecule has 0 bridgehead atoms. The predicted octanol–water partition coefficient (Wildman–Crippen LogP) is 1.19. The normalized spacial score (nSPS) is 8.38. The monoisotopic (exact) mass is 308 g/mol. The van der Waals surface area contributed by atoms with Gasteiger partial charge in [0.1, 0.15) is 0 Å². The van der Waals surface area contributed by atoms with E-state index < -0.39 is 23.2 Å². The van der Waals surface area contributed by atoms with Gasteiger partial charge in [-0.2, -0.15) is 0 Å². The Kier molecular flexibility index (Phi) is 4.50. The summed E-state index contributed by atoms with van der Waals surface area (Å²) in [5.41, 5.74) is 0. The summed E-state index contributed by atoms with van der Waals surface area (Å²) >= 11 is -1.77. The summed E-state index contributed by atoms with van der Waals surface area (Å²) in [7, 11) is 0. The third-order valence-corrected chi connectivity index (χ3v) is 3.51. The Morgan fingerprint density at radius 1 is 1.62 bits per heavy atom. The maximum absolute atomic E-state index is 10.5. The van der Waals surface area contributed by atoms with Crippen molar-refractivity contribution in [3.8, 4) is 0 Å². The number of rotatable bonds is 2. The van der Waals surface area contributed by atoms with E-state index in [1.165, 1.54) is 0 Å². The van der Waals surface area contributed by atoms with Gasteiger partial charge in [0, 0.05) is 0 Å². The van der Waals surface area contributed by atoms with Crippen molar-refractivity contribution >= 4 is 29.1 Å². The first-order valence-corrected chi connectivity index (χ1v) is 13.7. The summed E-state index contributed by atoms with van der Waals surface area (Å²) < 4.78 is 9.11. The summed E-state index contributed by atoms with van der Waals surface area (Å²) in [6, 6.07) is 0. The van der Waals surface area contributed by atoms with Gasteiger partial charge in [0.2, 0.25) is 0 Å². The molecule has 0 saturated heterocycles. The Balaban J connectivity index is 3.25. The van der Waals surface area contributed by atoms with E-state index >= 15 is 0 Å². The first kappa shape index (κ1) is 8.39. The molecule has 0 spiro atoms. The van der Waals surface area contributed by atoms with Crippen LogP contribution in [-0.4, -0.2) is 29.1 Å². The Hall–Kier alpha value is 0.392. The minimum absolute atomic E-state index is 0.0262. The van der Waals surface area contributed by atoms with E-state index in [4.69, 9.17) is 2.69 Å². The molecule has 0 aromatic rings. The second-order valence-electron chi connectivity index (χ2n) is 1.89. The van der Waals surface area contributed by atoms with Gasteiger partial charge < -0.3 is 0 Å². The van der Waals surface area contributed by atoms with E-state index in [0.717, 1.165) is 0 Å². The van der Waals surface area contributed by atoms with Gasteiger partial charge in [-0.1, -0.05) is 0 Å².